The fourth-order valence-electron chi connectivity index (χ4n) is 1.52. The molecule has 0 unspecified atom stereocenters. The lowest BCUT2D eigenvalue weighted by Crippen LogP contribution is -1.92. The second-order valence-corrected chi connectivity index (χ2v) is 3.43. The van der Waals surface area contributed by atoms with Gasteiger partial charge in [-0.05, 0) is 18.6 Å². The average Bonchev–Trinajstić information content (AvgIpc) is 2.30. The van der Waals surface area contributed by atoms with E-state index in [1.54, 1.807) is 6.20 Å². The van der Waals surface area contributed by atoms with Crippen LogP contribution in [0.3, 0.4) is 0 Å². The summed E-state index contributed by atoms with van der Waals surface area (Å²) in [7, 11) is 0. The molecule has 0 spiro atoms. The Labute approximate surface area is 88.6 Å². The number of rotatable bonds is 2. The predicted molar refractivity (Wildman–Crippen MR) is 59.8 cm³/mol. The second kappa shape index (κ2) is 4.05. The average molecular weight is 197 g/mol. The molecule has 2 aromatic rings. The molecule has 2 heteroatoms. The van der Waals surface area contributed by atoms with Crippen LogP contribution >= 0.6 is 0 Å². The first-order chi connectivity index (χ1) is 7.31. The van der Waals surface area contributed by atoms with Gasteiger partial charge in [0, 0.05) is 17.3 Å². The van der Waals surface area contributed by atoms with E-state index in [-0.39, 0.29) is 0 Å². The van der Waals surface area contributed by atoms with Crippen molar-refractivity contribution in [3.8, 4) is 11.3 Å². The van der Waals surface area contributed by atoms with E-state index >= 15 is 0 Å². The summed E-state index contributed by atoms with van der Waals surface area (Å²) >= 11 is 0. The third kappa shape index (κ3) is 1.94. The molecule has 1 aromatic heterocycles. The topological polar surface area (TPSA) is 30.0 Å². The van der Waals surface area contributed by atoms with Crippen LogP contribution in [0.25, 0.3) is 11.3 Å². The number of hydrogen-bond donors (Lipinski definition) is 0. The molecule has 1 aromatic carbocycles. The standard InChI is InChI=1S/C13H11NO/c1-10-7-12(9-15)13(14-8-10)11-5-3-2-4-6-11/h2-9H,1H3. The highest BCUT2D eigenvalue weighted by Gasteiger charge is 2.05. The number of aryl methyl sites for hydroxylation is 1. The van der Waals surface area contributed by atoms with Crippen molar-refractivity contribution in [2.75, 3.05) is 0 Å². The van der Waals surface area contributed by atoms with Gasteiger partial charge in [-0.1, -0.05) is 30.3 Å². The fraction of sp³-hybridized carbons (Fsp3) is 0.0769. The smallest absolute Gasteiger partial charge is 0.152 e. The van der Waals surface area contributed by atoms with Gasteiger partial charge in [0.25, 0.3) is 0 Å². The minimum atomic E-state index is 0.640. The van der Waals surface area contributed by atoms with Gasteiger partial charge >= 0.3 is 0 Å². The van der Waals surface area contributed by atoms with Crippen LogP contribution in [-0.4, -0.2) is 11.3 Å². The Bertz CT molecular complexity index is 477. The molecule has 74 valence electrons. The molecule has 15 heavy (non-hydrogen) atoms. The number of hydrogen-bond acceptors (Lipinski definition) is 2. The second-order valence-electron chi connectivity index (χ2n) is 3.43. The number of carbonyl (C=O) groups excluding carboxylic acids is 1. The quantitative estimate of drug-likeness (QED) is 0.693. The van der Waals surface area contributed by atoms with E-state index in [0.717, 1.165) is 23.1 Å². The van der Waals surface area contributed by atoms with Gasteiger partial charge in [-0.15, -0.1) is 0 Å². The van der Waals surface area contributed by atoms with Gasteiger partial charge in [0.05, 0.1) is 5.69 Å². The minimum Gasteiger partial charge on any atom is -0.298 e. The van der Waals surface area contributed by atoms with Gasteiger partial charge in [-0.2, -0.15) is 0 Å². The van der Waals surface area contributed by atoms with Crippen LogP contribution in [0.2, 0.25) is 0 Å². The van der Waals surface area contributed by atoms with Gasteiger partial charge in [0.15, 0.2) is 6.29 Å². The molecule has 2 nitrogen and oxygen atoms in total. The lowest BCUT2D eigenvalue weighted by atomic mass is 10.1. The Morgan fingerprint density at radius 2 is 1.93 bits per heavy atom. The lowest BCUT2D eigenvalue weighted by Gasteiger charge is -2.04. The third-order valence-corrected chi connectivity index (χ3v) is 2.23. The lowest BCUT2D eigenvalue weighted by molar-refractivity contribution is 0.112. The predicted octanol–water partition coefficient (Wildman–Crippen LogP) is 2.87. The van der Waals surface area contributed by atoms with E-state index in [9.17, 15) is 4.79 Å². The maximum Gasteiger partial charge on any atom is 0.152 e. The van der Waals surface area contributed by atoms with Gasteiger partial charge in [-0.3, -0.25) is 9.78 Å². The zero-order valence-corrected chi connectivity index (χ0v) is 8.47. The van der Waals surface area contributed by atoms with Crippen LogP contribution in [0.4, 0.5) is 0 Å². The molecule has 0 amide bonds. The Morgan fingerprint density at radius 1 is 1.20 bits per heavy atom. The summed E-state index contributed by atoms with van der Waals surface area (Å²) in [6.45, 7) is 1.93. The molecule has 1 heterocycles. The molecule has 0 N–H and O–H groups in total. The van der Waals surface area contributed by atoms with E-state index in [1.807, 2.05) is 43.3 Å². The Balaban J connectivity index is 2.58. The first kappa shape index (κ1) is 9.59. The van der Waals surface area contributed by atoms with Crippen molar-refractivity contribution in [3.63, 3.8) is 0 Å². The van der Waals surface area contributed by atoms with E-state index < -0.39 is 0 Å². The number of nitrogens with zero attached hydrogens (tertiary/aromatic N) is 1. The Hall–Kier alpha value is -1.96. The molecule has 2 rings (SSSR count). The van der Waals surface area contributed by atoms with Crippen molar-refractivity contribution in [2.24, 2.45) is 0 Å². The zero-order valence-electron chi connectivity index (χ0n) is 8.47. The molecule has 0 atom stereocenters. The number of aromatic nitrogens is 1. The normalized spacial score (nSPS) is 9.93. The fourth-order valence-corrected chi connectivity index (χ4v) is 1.52. The van der Waals surface area contributed by atoms with Gasteiger partial charge in [0.1, 0.15) is 0 Å². The Morgan fingerprint density at radius 3 is 2.60 bits per heavy atom. The molecular formula is C13H11NO. The summed E-state index contributed by atoms with van der Waals surface area (Å²) < 4.78 is 0. The van der Waals surface area contributed by atoms with Crippen molar-refractivity contribution in [1.29, 1.82) is 0 Å². The Kier molecular flexibility index (Phi) is 2.59. The minimum absolute atomic E-state index is 0.640. The summed E-state index contributed by atoms with van der Waals surface area (Å²) in [6.07, 6.45) is 2.62. The monoisotopic (exact) mass is 197 g/mol. The summed E-state index contributed by atoms with van der Waals surface area (Å²) in [5.74, 6) is 0. The van der Waals surface area contributed by atoms with E-state index in [1.165, 1.54) is 0 Å². The maximum absolute atomic E-state index is 10.9. The van der Waals surface area contributed by atoms with Crippen molar-refractivity contribution >= 4 is 6.29 Å². The van der Waals surface area contributed by atoms with Crippen molar-refractivity contribution in [2.45, 2.75) is 6.92 Å². The van der Waals surface area contributed by atoms with Crippen molar-refractivity contribution < 1.29 is 4.79 Å². The molecule has 0 saturated carbocycles. The van der Waals surface area contributed by atoms with Crippen LogP contribution in [0.5, 0.6) is 0 Å². The molecule has 0 aliphatic heterocycles. The summed E-state index contributed by atoms with van der Waals surface area (Å²) in [5, 5.41) is 0. The third-order valence-electron chi connectivity index (χ3n) is 2.23. The highest BCUT2D eigenvalue weighted by Crippen LogP contribution is 2.20. The molecule has 0 saturated heterocycles. The van der Waals surface area contributed by atoms with E-state index in [4.69, 9.17) is 0 Å². The van der Waals surface area contributed by atoms with Gasteiger partial charge < -0.3 is 0 Å². The summed E-state index contributed by atoms with van der Waals surface area (Å²) in [5.41, 5.74) is 3.36. The SMILES string of the molecule is Cc1cnc(-c2ccccc2)c(C=O)c1. The van der Waals surface area contributed by atoms with Gasteiger partial charge in [0.2, 0.25) is 0 Å². The summed E-state index contributed by atoms with van der Waals surface area (Å²) in [4.78, 5) is 15.2. The molecule has 0 radical (unpaired) electrons. The molecule has 0 bridgehead atoms. The maximum atomic E-state index is 10.9. The van der Waals surface area contributed by atoms with Crippen LogP contribution < -0.4 is 0 Å². The highest BCUT2D eigenvalue weighted by atomic mass is 16.1. The number of carbonyl (C=O) groups is 1. The summed E-state index contributed by atoms with van der Waals surface area (Å²) in [6, 6.07) is 11.6. The molecule has 0 aliphatic carbocycles. The van der Waals surface area contributed by atoms with E-state index in [0.29, 0.717) is 5.56 Å². The van der Waals surface area contributed by atoms with Crippen LogP contribution in [0, 0.1) is 6.92 Å². The highest BCUT2D eigenvalue weighted by molar-refractivity contribution is 5.85. The van der Waals surface area contributed by atoms with Gasteiger partial charge in [-0.25, -0.2) is 0 Å². The number of pyridine rings is 1. The molecular weight excluding hydrogens is 186 g/mol. The first-order valence-corrected chi connectivity index (χ1v) is 4.78. The van der Waals surface area contributed by atoms with Crippen LogP contribution in [0.15, 0.2) is 42.6 Å². The number of benzene rings is 1. The largest absolute Gasteiger partial charge is 0.298 e. The van der Waals surface area contributed by atoms with Crippen LogP contribution in [0.1, 0.15) is 15.9 Å². The zero-order chi connectivity index (χ0) is 10.7. The first-order valence-electron chi connectivity index (χ1n) is 4.78. The van der Waals surface area contributed by atoms with Crippen molar-refractivity contribution in [1.82, 2.24) is 4.98 Å². The molecule has 0 fully saturated rings. The number of aldehydes is 1. The van der Waals surface area contributed by atoms with E-state index in [2.05, 4.69) is 4.98 Å². The van der Waals surface area contributed by atoms with Crippen molar-refractivity contribution in [3.05, 3.63) is 53.7 Å². The van der Waals surface area contributed by atoms with Crippen LogP contribution in [-0.2, 0) is 0 Å². The molecule has 0 aliphatic rings.